The number of likely N-dealkylation sites (N-methyl/N-ethyl adjacent to an activating group) is 2. The maximum Gasteiger partial charge on any atom is 0.227 e. The standard InChI is InChI=1S/C18H23BrN6/c1-23-10-7-14(12-23)25(3)18-21-16-6-5-13(19)11-15(16)17(22-18)24(2)9-4-8-20/h5-6,11,14H,4,7,9-10,12H2,1-3H3. The molecule has 2 heterocycles. The molecule has 0 amide bonds. The van der Waals surface area contributed by atoms with Crippen molar-refractivity contribution in [1.82, 2.24) is 14.9 Å². The van der Waals surface area contributed by atoms with Gasteiger partial charge in [-0.25, -0.2) is 4.98 Å². The molecule has 6 nitrogen and oxygen atoms in total. The van der Waals surface area contributed by atoms with Crippen molar-refractivity contribution in [1.29, 1.82) is 5.26 Å². The molecule has 1 aromatic carbocycles. The van der Waals surface area contributed by atoms with E-state index in [1.165, 1.54) is 0 Å². The van der Waals surface area contributed by atoms with Gasteiger partial charge in [-0.1, -0.05) is 15.9 Å². The molecule has 0 aliphatic carbocycles. The van der Waals surface area contributed by atoms with Crippen molar-refractivity contribution < 1.29 is 0 Å². The van der Waals surface area contributed by atoms with Gasteiger partial charge in [0.05, 0.1) is 18.0 Å². The summed E-state index contributed by atoms with van der Waals surface area (Å²) in [7, 11) is 6.20. The van der Waals surface area contributed by atoms with Crippen molar-refractivity contribution in [2.45, 2.75) is 18.9 Å². The Bertz CT molecular complexity index is 802. The smallest absolute Gasteiger partial charge is 0.227 e. The van der Waals surface area contributed by atoms with Crippen LogP contribution in [-0.2, 0) is 0 Å². The maximum absolute atomic E-state index is 8.90. The van der Waals surface area contributed by atoms with Crippen molar-refractivity contribution in [2.75, 3.05) is 50.6 Å². The topological polar surface area (TPSA) is 59.3 Å². The van der Waals surface area contributed by atoms with Gasteiger partial charge in [-0.2, -0.15) is 10.2 Å². The molecule has 25 heavy (non-hydrogen) atoms. The van der Waals surface area contributed by atoms with E-state index < -0.39 is 0 Å². The minimum Gasteiger partial charge on any atom is -0.358 e. The number of nitrogens with zero attached hydrogens (tertiary/aromatic N) is 6. The molecule has 0 saturated carbocycles. The van der Waals surface area contributed by atoms with E-state index in [1.807, 2.05) is 30.1 Å². The van der Waals surface area contributed by atoms with Crippen LogP contribution in [0.4, 0.5) is 11.8 Å². The van der Waals surface area contributed by atoms with Gasteiger partial charge < -0.3 is 14.7 Å². The fourth-order valence-corrected chi connectivity index (χ4v) is 3.60. The number of hydrogen-bond acceptors (Lipinski definition) is 6. The Kier molecular flexibility index (Phi) is 5.40. The number of halogens is 1. The molecule has 0 N–H and O–H groups in total. The normalized spacial score (nSPS) is 17.6. The Morgan fingerprint density at radius 1 is 1.36 bits per heavy atom. The van der Waals surface area contributed by atoms with E-state index in [1.54, 1.807) is 0 Å². The predicted octanol–water partition coefficient (Wildman–Crippen LogP) is 2.88. The van der Waals surface area contributed by atoms with Crippen LogP contribution in [0.25, 0.3) is 10.9 Å². The third kappa shape index (κ3) is 3.86. The number of benzene rings is 1. The molecule has 0 bridgehead atoms. The van der Waals surface area contributed by atoms with Gasteiger partial charge in [-0.15, -0.1) is 0 Å². The van der Waals surface area contributed by atoms with Crippen LogP contribution in [0.3, 0.4) is 0 Å². The number of fused-ring (bicyclic) bond motifs is 1. The molecule has 7 heteroatoms. The van der Waals surface area contributed by atoms with Gasteiger partial charge >= 0.3 is 0 Å². The van der Waals surface area contributed by atoms with Gasteiger partial charge in [0.1, 0.15) is 5.82 Å². The van der Waals surface area contributed by atoms with Crippen LogP contribution in [0, 0.1) is 11.3 Å². The summed E-state index contributed by atoms with van der Waals surface area (Å²) in [6.07, 6.45) is 1.59. The van der Waals surface area contributed by atoms with Gasteiger partial charge in [-0.3, -0.25) is 0 Å². The summed E-state index contributed by atoms with van der Waals surface area (Å²) in [6.45, 7) is 2.77. The summed E-state index contributed by atoms with van der Waals surface area (Å²) in [5.74, 6) is 1.61. The molecular formula is C18H23BrN6. The molecule has 0 radical (unpaired) electrons. The highest BCUT2D eigenvalue weighted by Crippen LogP contribution is 2.29. The van der Waals surface area contributed by atoms with Gasteiger partial charge in [0.2, 0.25) is 5.95 Å². The Labute approximate surface area is 157 Å². The van der Waals surface area contributed by atoms with Crippen LogP contribution in [-0.4, -0.2) is 61.7 Å². The SMILES string of the molecule is CN1CCC(N(C)c2nc(N(C)CCC#N)c3cc(Br)ccc3n2)C1. The van der Waals surface area contributed by atoms with Crippen LogP contribution in [0.2, 0.25) is 0 Å². The lowest BCUT2D eigenvalue weighted by molar-refractivity contribution is 0.409. The molecular weight excluding hydrogens is 380 g/mol. The van der Waals surface area contributed by atoms with Crippen LogP contribution >= 0.6 is 15.9 Å². The second-order valence-corrected chi connectivity index (χ2v) is 7.57. The van der Waals surface area contributed by atoms with Crippen molar-refractivity contribution >= 4 is 38.6 Å². The minimum absolute atomic E-state index is 0.426. The van der Waals surface area contributed by atoms with Crippen molar-refractivity contribution in [3.05, 3.63) is 22.7 Å². The van der Waals surface area contributed by atoms with Gasteiger partial charge in [-0.05, 0) is 38.2 Å². The first-order valence-corrected chi connectivity index (χ1v) is 9.25. The van der Waals surface area contributed by atoms with Crippen molar-refractivity contribution in [3.63, 3.8) is 0 Å². The van der Waals surface area contributed by atoms with E-state index in [2.05, 4.69) is 45.9 Å². The monoisotopic (exact) mass is 402 g/mol. The number of likely N-dealkylation sites (tertiary alicyclic amines) is 1. The highest BCUT2D eigenvalue weighted by atomic mass is 79.9. The fraction of sp³-hybridized carbons (Fsp3) is 0.500. The summed E-state index contributed by atoms with van der Waals surface area (Å²) in [6, 6.07) is 8.69. The molecule has 1 aliphatic rings. The molecule has 1 saturated heterocycles. The quantitative estimate of drug-likeness (QED) is 0.765. The lowest BCUT2D eigenvalue weighted by Gasteiger charge is -2.27. The highest BCUT2D eigenvalue weighted by molar-refractivity contribution is 9.10. The van der Waals surface area contributed by atoms with Crippen molar-refractivity contribution in [3.8, 4) is 6.07 Å². The lowest BCUT2D eigenvalue weighted by atomic mass is 10.2. The van der Waals surface area contributed by atoms with Gasteiger partial charge in [0.15, 0.2) is 0 Å². The number of aromatic nitrogens is 2. The summed E-state index contributed by atoms with van der Waals surface area (Å²) < 4.78 is 0.997. The second-order valence-electron chi connectivity index (χ2n) is 6.65. The minimum atomic E-state index is 0.426. The number of nitriles is 1. The molecule has 3 rings (SSSR count). The van der Waals surface area contributed by atoms with E-state index in [-0.39, 0.29) is 0 Å². The zero-order valence-corrected chi connectivity index (χ0v) is 16.5. The first-order chi connectivity index (χ1) is 12.0. The molecule has 0 spiro atoms. The number of rotatable bonds is 5. The average Bonchev–Trinajstić information content (AvgIpc) is 3.04. The van der Waals surface area contributed by atoms with Gasteiger partial charge in [0.25, 0.3) is 0 Å². The third-order valence-electron chi connectivity index (χ3n) is 4.78. The van der Waals surface area contributed by atoms with Crippen LogP contribution in [0.1, 0.15) is 12.8 Å². The predicted molar refractivity (Wildman–Crippen MR) is 105 cm³/mol. The Morgan fingerprint density at radius 3 is 2.84 bits per heavy atom. The first-order valence-electron chi connectivity index (χ1n) is 8.46. The van der Waals surface area contributed by atoms with E-state index in [9.17, 15) is 0 Å². The molecule has 1 fully saturated rings. The van der Waals surface area contributed by atoms with E-state index >= 15 is 0 Å². The Morgan fingerprint density at radius 2 is 2.16 bits per heavy atom. The largest absolute Gasteiger partial charge is 0.358 e. The zero-order chi connectivity index (χ0) is 18.0. The van der Waals surface area contributed by atoms with Crippen LogP contribution < -0.4 is 9.80 Å². The summed E-state index contributed by atoms with van der Waals surface area (Å²) in [5, 5.41) is 9.90. The summed E-state index contributed by atoms with van der Waals surface area (Å²) in [5.41, 5.74) is 0.921. The molecule has 1 aliphatic heterocycles. The Hall–Kier alpha value is -1.91. The van der Waals surface area contributed by atoms with E-state index in [4.69, 9.17) is 15.2 Å². The maximum atomic E-state index is 8.90. The molecule has 1 aromatic heterocycles. The lowest BCUT2D eigenvalue weighted by Crippen LogP contribution is -2.35. The molecule has 132 valence electrons. The fourth-order valence-electron chi connectivity index (χ4n) is 3.24. The first kappa shape index (κ1) is 17.9. The molecule has 2 aromatic rings. The second kappa shape index (κ2) is 7.54. The molecule has 1 atom stereocenters. The van der Waals surface area contributed by atoms with E-state index in [0.717, 1.165) is 46.7 Å². The number of anilines is 2. The molecule has 1 unspecified atom stereocenters. The van der Waals surface area contributed by atoms with E-state index in [0.29, 0.717) is 19.0 Å². The zero-order valence-electron chi connectivity index (χ0n) is 14.9. The van der Waals surface area contributed by atoms with Gasteiger partial charge in [0, 0.05) is 43.1 Å². The number of hydrogen-bond donors (Lipinski definition) is 0. The summed E-state index contributed by atoms with van der Waals surface area (Å²) in [4.78, 5) is 16.2. The third-order valence-corrected chi connectivity index (χ3v) is 5.27. The van der Waals surface area contributed by atoms with Crippen LogP contribution in [0.5, 0.6) is 0 Å². The summed E-state index contributed by atoms with van der Waals surface area (Å²) >= 11 is 3.53. The highest BCUT2D eigenvalue weighted by Gasteiger charge is 2.26. The average molecular weight is 403 g/mol. The van der Waals surface area contributed by atoms with Crippen LogP contribution in [0.15, 0.2) is 22.7 Å². The van der Waals surface area contributed by atoms with Crippen molar-refractivity contribution in [2.24, 2.45) is 0 Å². The Balaban J connectivity index is 2.02.